The number of rotatable bonds is 4. The fourth-order valence-electron chi connectivity index (χ4n) is 3.17. The van der Waals surface area contributed by atoms with E-state index >= 15 is 0 Å². The molecule has 4 heteroatoms. The summed E-state index contributed by atoms with van der Waals surface area (Å²) in [5.74, 6) is 1.20. The third-order valence-corrected chi connectivity index (χ3v) is 6.63. The van der Waals surface area contributed by atoms with E-state index in [0.717, 1.165) is 18.8 Å². The van der Waals surface area contributed by atoms with Crippen LogP contribution in [0.3, 0.4) is 0 Å². The zero-order valence-corrected chi connectivity index (χ0v) is 12.6. The summed E-state index contributed by atoms with van der Waals surface area (Å²) in [4.78, 5) is 0. The van der Waals surface area contributed by atoms with Crippen molar-refractivity contribution in [3.05, 3.63) is 0 Å². The predicted molar refractivity (Wildman–Crippen MR) is 72.9 cm³/mol. The molecule has 3 unspecified atom stereocenters. The Hall–Kier alpha value is -0.0900. The fourth-order valence-corrected chi connectivity index (χ4v) is 3.94. The van der Waals surface area contributed by atoms with Gasteiger partial charge in [0.2, 0.25) is 0 Å². The van der Waals surface area contributed by atoms with Gasteiger partial charge >= 0.3 is 0 Å². The molecule has 0 aromatic heterocycles. The predicted octanol–water partition coefficient (Wildman–Crippen LogP) is 2.22. The lowest BCUT2D eigenvalue weighted by Gasteiger charge is -2.41. The SMILES string of the molecule is CNC(C1CCCC(C)C1)C(C)(C)S(C)(=O)=O. The summed E-state index contributed by atoms with van der Waals surface area (Å²) in [7, 11) is -1.16. The maximum Gasteiger partial charge on any atom is 0.154 e. The summed E-state index contributed by atoms with van der Waals surface area (Å²) < 4.78 is 23.2. The molecule has 0 saturated heterocycles. The molecule has 3 atom stereocenters. The molecule has 3 nitrogen and oxygen atoms in total. The molecule has 1 N–H and O–H groups in total. The average molecular weight is 261 g/mol. The van der Waals surface area contributed by atoms with Crippen molar-refractivity contribution in [1.82, 2.24) is 5.32 Å². The molecule has 0 aromatic rings. The van der Waals surface area contributed by atoms with Crippen LogP contribution in [0.1, 0.15) is 46.5 Å². The van der Waals surface area contributed by atoms with E-state index < -0.39 is 14.6 Å². The smallest absolute Gasteiger partial charge is 0.154 e. The highest BCUT2D eigenvalue weighted by Gasteiger charge is 2.43. The van der Waals surface area contributed by atoms with Gasteiger partial charge in [-0.05, 0) is 45.6 Å². The fraction of sp³-hybridized carbons (Fsp3) is 1.00. The van der Waals surface area contributed by atoms with Crippen LogP contribution in [0.4, 0.5) is 0 Å². The molecule has 0 bridgehead atoms. The molecule has 0 spiro atoms. The quantitative estimate of drug-likeness (QED) is 0.844. The first kappa shape index (κ1) is 15.0. The van der Waals surface area contributed by atoms with Gasteiger partial charge in [0.25, 0.3) is 0 Å². The van der Waals surface area contributed by atoms with Gasteiger partial charge in [0.1, 0.15) is 0 Å². The molecule has 0 amide bonds. The van der Waals surface area contributed by atoms with Crippen molar-refractivity contribution in [2.24, 2.45) is 11.8 Å². The maximum absolute atomic E-state index is 11.9. The molecule has 0 radical (unpaired) electrons. The van der Waals surface area contributed by atoms with Crippen molar-refractivity contribution in [3.63, 3.8) is 0 Å². The molecule has 1 aliphatic rings. The van der Waals surface area contributed by atoms with Gasteiger partial charge in [-0.1, -0.05) is 19.8 Å². The summed E-state index contributed by atoms with van der Waals surface area (Å²) >= 11 is 0. The van der Waals surface area contributed by atoms with E-state index in [1.165, 1.54) is 19.1 Å². The average Bonchev–Trinajstić information content (AvgIpc) is 2.16. The largest absolute Gasteiger partial charge is 0.315 e. The Morgan fingerprint density at radius 1 is 1.29 bits per heavy atom. The molecular formula is C13H27NO2S. The van der Waals surface area contributed by atoms with Gasteiger partial charge < -0.3 is 5.32 Å². The van der Waals surface area contributed by atoms with Crippen molar-refractivity contribution in [1.29, 1.82) is 0 Å². The molecular weight excluding hydrogens is 234 g/mol. The molecule has 1 aliphatic carbocycles. The number of sulfone groups is 1. The summed E-state index contributed by atoms with van der Waals surface area (Å²) in [5, 5.41) is 3.26. The molecule has 1 fully saturated rings. The number of hydrogen-bond acceptors (Lipinski definition) is 3. The van der Waals surface area contributed by atoms with E-state index in [-0.39, 0.29) is 6.04 Å². The third kappa shape index (κ3) is 3.22. The normalized spacial score (nSPS) is 29.0. The van der Waals surface area contributed by atoms with Gasteiger partial charge in [0.15, 0.2) is 9.84 Å². The Morgan fingerprint density at radius 3 is 2.29 bits per heavy atom. The molecule has 0 aromatic carbocycles. The first-order chi connectivity index (χ1) is 7.70. The maximum atomic E-state index is 11.9. The van der Waals surface area contributed by atoms with E-state index in [1.54, 1.807) is 0 Å². The lowest BCUT2D eigenvalue weighted by atomic mass is 9.75. The van der Waals surface area contributed by atoms with Gasteiger partial charge in [0, 0.05) is 12.3 Å². The number of hydrogen-bond donors (Lipinski definition) is 1. The van der Waals surface area contributed by atoms with Crippen molar-refractivity contribution >= 4 is 9.84 Å². The standard InChI is InChI=1S/C13H27NO2S/c1-10-7-6-8-11(9-10)12(14-4)13(2,3)17(5,15)16/h10-12,14H,6-9H2,1-5H3. The van der Waals surface area contributed by atoms with E-state index in [2.05, 4.69) is 12.2 Å². The van der Waals surface area contributed by atoms with Crippen LogP contribution in [-0.4, -0.2) is 32.5 Å². The Morgan fingerprint density at radius 2 is 1.88 bits per heavy atom. The van der Waals surface area contributed by atoms with E-state index in [4.69, 9.17) is 0 Å². The Bertz CT molecular complexity index is 348. The molecule has 0 aliphatic heterocycles. The topological polar surface area (TPSA) is 46.2 Å². The second-order valence-electron chi connectivity index (χ2n) is 6.17. The third-order valence-electron chi connectivity index (χ3n) is 4.46. The van der Waals surface area contributed by atoms with Crippen LogP contribution in [0.15, 0.2) is 0 Å². The number of nitrogens with one attached hydrogen (secondary N) is 1. The van der Waals surface area contributed by atoms with Crippen LogP contribution in [-0.2, 0) is 9.84 Å². The van der Waals surface area contributed by atoms with Crippen LogP contribution < -0.4 is 5.32 Å². The highest BCUT2D eigenvalue weighted by atomic mass is 32.2. The van der Waals surface area contributed by atoms with Gasteiger partial charge in [0.05, 0.1) is 4.75 Å². The second-order valence-corrected chi connectivity index (χ2v) is 8.77. The first-order valence-electron chi connectivity index (χ1n) is 6.57. The monoisotopic (exact) mass is 261 g/mol. The molecule has 1 saturated carbocycles. The summed E-state index contributed by atoms with van der Waals surface area (Å²) in [6, 6.07) is 0.0558. The van der Waals surface area contributed by atoms with Gasteiger partial charge in [-0.3, -0.25) is 0 Å². The molecule has 17 heavy (non-hydrogen) atoms. The van der Waals surface area contributed by atoms with Crippen molar-refractivity contribution in [2.45, 2.75) is 57.2 Å². The minimum atomic E-state index is -3.04. The summed E-state index contributed by atoms with van der Waals surface area (Å²) in [6.45, 7) is 5.97. The van der Waals surface area contributed by atoms with E-state index in [1.807, 2.05) is 20.9 Å². The van der Waals surface area contributed by atoms with Crippen LogP contribution in [0.5, 0.6) is 0 Å². The minimum Gasteiger partial charge on any atom is -0.315 e. The van der Waals surface area contributed by atoms with E-state index in [9.17, 15) is 8.42 Å². The van der Waals surface area contributed by atoms with Crippen LogP contribution >= 0.6 is 0 Å². The van der Waals surface area contributed by atoms with E-state index in [0.29, 0.717) is 5.92 Å². The van der Waals surface area contributed by atoms with Crippen molar-refractivity contribution in [3.8, 4) is 0 Å². The van der Waals surface area contributed by atoms with Crippen LogP contribution in [0.25, 0.3) is 0 Å². The summed E-state index contributed by atoms with van der Waals surface area (Å²) in [6.07, 6.45) is 6.15. The Labute approximate surface area is 106 Å². The first-order valence-corrected chi connectivity index (χ1v) is 8.46. The zero-order chi connectivity index (χ0) is 13.3. The van der Waals surface area contributed by atoms with Gasteiger partial charge in [-0.15, -0.1) is 0 Å². The van der Waals surface area contributed by atoms with Crippen LogP contribution in [0.2, 0.25) is 0 Å². The lowest BCUT2D eigenvalue weighted by molar-refractivity contribution is 0.203. The highest BCUT2D eigenvalue weighted by Crippen LogP contribution is 2.36. The van der Waals surface area contributed by atoms with Crippen molar-refractivity contribution < 1.29 is 8.42 Å². The zero-order valence-electron chi connectivity index (χ0n) is 11.8. The van der Waals surface area contributed by atoms with Crippen molar-refractivity contribution in [2.75, 3.05) is 13.3 Å². The molecule has 102 valence electrons. The van der Waals surface area contributed by atoms with Gasteiger partial charge in [-0.2, -0.15) is 0 Å². The Kier molecular flexibility index (Phi) is 4.64. The van der Waals surface area contributed by atoms with Crippen LogP contribution in [0, 0.1) is 11.8 Å². The molecule has 0 heterocycles. The lowest BCUT2D eigenvalue weighted by Crippen LogP contribution is -2.55. The second kappa shape index (κ2) is 5.27. The highest BCUT2D eigenvalue weighted by molar-refractivity contribution is 7.92. The Balaban J connectivity index is 2.91. The summed E-state index contributed by atoms with van der Waals surface area (Å²) in [5.41, 5.74) is 0. The van der Waals surface area contributed by atoms with Gasteiger partial charge in [-0.25, -0.2) is 8.42 Å². The molecule has 1 rings (SSSR count). The minimum absolute atomic E-state index is 0.0558.